The number of rotatable bonds is 4. The Balaban J connectivity index is 1.53. The fraction of sp³-hybridized carbons (Fsp3) is 0.0476. The SMILES string of the molecule is O=C1/C(=C/c2ccc(-c3ccccc3)cc2)NC(=S)N1Cc1ccco1. The smallest absolute Gasteiger partial charge is 0.276 e. The van der Waals surface area contributed by atoms with Crippen molar-refractivity contribution in [2.24, 2.45) is 0 Å². The molecule has 0 atom stereocenters. The molecular weight excluding hydrogens is 344 g/mol. The third kappa shape index (κ3) is 3.30. The van der Waals surface area contributed by atoms with Gasteiger partial charge in [-0.3, -0.25) is 9.69 Å². The predicted molar refractivity (Wildman–Crippen MR) is 105 cm³/mol. The molecule has 0 unspecified atom stereocenters. The second-order valence-electron chi connectivity index (χ2n) is 5.95. The summed E-state index contributed by atoms with van der Waals surface area (Å²) in [4.78, 5) is 14.1. The Hall–Kier alpha value is -3.18. The number of hydrogen-bond donors (Lipinski definition) is 1. The van der Waals surface area contributed by atoms with E-state index in [4.69, 9.17) is 16.6 Å². The van der Waals surface area contributed by atoms with E-state index in [2.05, 4.69) is 17.4 Å². The number of amides is 1. The predicted octanol–water partition coefficient (Wildman–Crippen LogP) is 4.20. The Bertz CT molecular complexity index is 961. The van der Waals surface area contributed by atoms with Gasteiger partial charge in [-0.2, -0.15) is 0 Å². The number of nitrogens with one attached hydrogen (secondary N) is 1. The maximum atomic E-state index is 12.6. The lowest BCUT2D eigenvalue weighted by Gasteiger charge is -2.11. The molecule has 2 heterocycles. The van der Waals surface area contributed by atoms with E-state index < -0.39 is 0 Å². The van der Waals surface area contributed by atoms with Gasteiger partial charge >= 0.3 is 0 Å². The molecule has 1 amide bonds. The van der Waals surface area contributed by atoms with Crippen molar-refractivity contribution in [1.29, 1.82) is 0 Å². The molecule has 0 bridgehead atoms. The summed E-state index contributed by atoms with van der Waals surface area (Å²) in [6.07, 6.45) is 3.39. The third-order valence-electron chi connectivity index (χ3n) is 4.19. The van der Waals surface area contributed by atoms with Crippen molar-refractivity contribution < 1.29 is 9.21 Å². The van der Waals surface area contributed by atoms with Crippen molar-refractivity contribution in [3.05, 3.63) is 90.0 Å². The average molecular weight is 360 g/mol. The molecule has 0 saturated carbocycles. The van der Waals surface area contributed by atoms with Crippen LogP contribution in [-0.2, 0) is 11.3 Å². The minimum atomic E-state index is -0.154. The second-order valence-corrected chi connectivity index (χ2v) is 6.33. The van der Waals surface area contributed by atoms with E-state index in [1.54, 1.807) is 12.3 Å². The first-order chi connectivity index (χ1) is 12.7. The summed E-state index contributed by atoms with van der Waals surface area (Å²) in [6.45, 7) is 0.321. The molecule has 128 valence electrons. The van der Waals surface area contributed by atoms with Crippen LogP contribution in [0.1, 0.15) is 11.3 Å². The summed E-state index contributed by atoms with van der Waals surface area (Å²) in [5.74, 6) is 0.537. The first kappa shape index (κ1) is 16.3. The van der Waals surface area contributed by atoms with Gasteiger partial charge in [0.15, 0.2) is 5.11 Å². The molecule has 0 spiro atoms. The van der Waals surface area contributed by atoms with Crippen LogP contribution in [0, 0.1) is 0 Å². The fourth-order valence-corrected chi connectivity index (χ4v) is 3.10. The fourth-order valence-electron chi connectivity index (χ4n) is 2.84. The van der Waals surface area contributed by atoms with Gasteiger partial charge in [0, 0.05) is 0 Å². The zero-order valence-corrected chi connectivity index (χ0v) is 14.7. The molecule has 3 aromatic rings. The summed E-state index contributed by atoms with van der Waals surface area (Å²) in [6, 6.07) is 21.8. The minimum absolute atomic E-state index is 0.154. The quantitative estimate of drug-likeness (QED) is 0.559. The van der Waals surface area contributed by atoms with Gasteiger partial charge in [0.2, 0.25) is 0 Å². The molecule has 2 aromatic carbocycles. The molecule has 1 aliphatic rings. The molecule has 1 N–H and O–H groups in total. The van der Waals surface area contributed by atoms with Crippen LogP contribution >= 0.6 is 12.2 Å². The Morgan fingerprint density at radius 1 is 0.962 bits per heavy atom. The molecule has 0 aliphatic carbocycles. The summed E-state index contributed by atoms with van der Waals surface area (Å²) in [7, 11) is 0. The van der Waals surface area contributed by atoms with Gasteiger partial charge in [-0.15, -0.1) is 0 Å². The molecule has 1 fully saturated rings. The van der Waals surface area contributed by atoms with Crippen LogP contribution in [0.5, 0.6) is 0 Å². The molecule has 4 nitrogen and oxygen atoms in total. The van der Waals surface area contributed by atoms with Gasteiger partial charge in [-0.05, 0) is 47.1 Å². The highest BCUT2D eigenvalue weighted by Gasteiger charge is 2.31. The van der Waals surface area contributed by atoms with Gasteiger partial charge in [0.1, 0.15) is 11.5 Å². The lowest BCUT2D eigenvalue weighted by molar-refractivity contribution is -0.122. The maximum absolute atomic E-state index is 12.6. The summed E-state index contributed by atoms with van der Waals surface area (Å²) in [5, 5.41) is 3.38. The maximum Gasteiger partial charge on any atom is 0.276 e. The number of hydrogen-bond acceptors (Lipinski definition) is 3. The van der Waals surface area contributed by atoms with Crippen molar-refractivity contribution in [1.82, 2.24) is 10.2 Å². The standard InChI is InChI=1S/C21H16N2O2S/c24-20-19(22-21(26)23(20)14-18-7-4-12-25-18)13-15-8-10-17(11-9-15)16-5-2-1-3-6-16/h1-13H,14H2,(H,22,26)/b19-13-. The highest BCUT2D eigenvalue weighted by Crippen LogP contribution is 2.21. The molecule has 5 heteroatoms. The topological polar surface area (TPSA) is 45.5 Å². The Labute approximate surface area is 156 Å². The van der Waals surface area contributed by atoms with Crippen LogP contribution in [0.2, 0.25) is 0 Å². The van der Waals surface area contributed by atoms with Crippen molar-refractivity contribution in [2.75, 3.05) is 0 Å². The first-order valence-electron chi connectivity index (χ1n) is 8.23. The van der Waals surface area contributed by atoms with Crippen LogP contribution < -0.4 is 5.32 Å². The third-order valence-corrected chi connectivity index (χ3v) is 4.51. The highest BCUT2D eigenvalue weighted by molar-refractivity contribution is 7.80. The lowest BCUT2D eigenvalue weighted by atomic mass is 10.0. The average Bonchev–Trinajstić information content (AvgIpc) is 3.27. The number of carbonyl (C=O) groups excluding carboxylic acids is 1. The van der Waals surface area contributed by atoms with Crippen LogP contribution in [-0.4, -0.2) is 15.9 Å². The Morgan fingerprint density at radius 3 is 2.38 bits per heavy atom. The number of nitrogens with zero attached hydrogens (tertiary/aromatic N) is 1. The van der Waals surface area contributed by atoms with Crippen molar-refractivity contribution >= 4 is 29.3 Å². The monoisotopic (exact) mass is 360 g/mol. The second kappa shape index (κ2) is 6.98. The lowest BCUT2D eigenvalue weighted by Crippen LogP contribution is -2.29. The first-order valence-corrected chi connectivity index (χ1v) is 8.64. The van der Waals surface area contributed by atoms with E-state index in [1.807, 2.05) is 54.6 Å². The summed E-state index contributed by atoms with van der Waals surface area (Å²) >= 11 is 5.28. The normalized spacial score (nSPS) is 15.5. The number of carbonyl (C=O) groups is 1. The van der Waals surface area contributed by atoms with E-state index in [1.165, 1.54) is 4.90 Å². The van der Waals surface area contributed by atoms with Gasteiger partial charge in [-0.25, -0.2) is 0 Å². The minimum Gasteiger partial charge on any atom is -0.467 e. The van der Waals surface area contributed by atoms with Crippen LogP contribution in [0.3, 0.4) is 0 Å². The Morgan fingerprint density at radius 2 is 1.69 bits per heavy atom. The molecule has 1 saturated heterocycles. The molecule has 26 heavy (non-hydrogen) atoms. The van der Waals surface area contributed by atoms with E-state index in [9.17, 15) is 4.79 Å². The molecule has 1 aliphatic heterocycles. The van der Waals surface area contributed by atoms with Gasteiger partial charge in [0.05, 0.1) is 12.8 Å². The number of furan rings is 1. The van der Waals surface area contributed by atoms with Gasteiger partial charge in [-0.1, -0.05) is 54.6 Å². The summed E-state index contributed by atoms with van der Waals surface area (Å²) in [5.41, 5.74) is 3.69. The van der Waals surface area contributed by atoms with E-state index >= 15 is 0 Å². The number of thiocarbonyl (C=S) groups is 1. The Kier molecular flexibility index (Phi) is 4.37. The summed E-state index contributed by atoms with van der Waals surface area (Å²) < 4.78 is 5.30. The van der Waals surface area contributed by atoms with E-state index in [-0.39, 0.29) is 5.91 Å². The van der Waals surface area contributed by atoms with Crippen molar-refractivity contribution in [3.63, 3.8) is 0 Å². The number of benzene rings is 2. The largest absolute Gasteiger partial charge is 0.467 e. The van der Waals surface area contributed by atoms with E-state index in [0.29, 0.717) is 23.1 Å². The zero-order chi connectivity index (χ0) is 17.9. The van der Waals surface area contributed by atoms with Gasteiger partial charge < -0.3 is 9.73 Å². The zero-order valence-electron chi connectivity index (χ0n) is 13.9. The molecule has 1 aromatic heterocycles. The van der Waals surface area contributed by atoms with Crippen molar-refractivity contribution in [3.8, 4) is 11.1 Å². The molecular formula is C21H16N2O2S. The van der Waals surface area contributed by atoms with E-state index in [0.717, 1.165) is 16.7 Å². The van der Waals surface area contributed by atoms with Crippen LogP contribution in [0.25, 0.3) is 17.2 Å². The van der Waals surface area contributed by atoms with Crippen LogP contribution in [0.15, 0.2) is 83.1 Å². The molecule has 4 rings (SSSR count). The van der Waals surface area contributed by atoms with Crippen molar-refractivity contribution in [2.45, 2.75) is 6.54 Å². The van der Waals surface area contributed by atoms with Gasteiger partial charge in [0.25, 0.3) is 5.91 Å². The van der Waals surface area contributed by atoms with Crippen LogP contribution in [0.4, 0.5) is 0 Å². The highest BCUT2D eigenvalue weighted by atomic mass is 32.1. The molecule has 0 radical (unpaired) electrons.